The summed E-state index contributed by atoms with van der Waals surface area (Å²) in [6, 6.07) is 7.84. The summed E-state index contributed by atoms with van der Waals surface area (Å²) in [7, 11) is -1.29. The molecule has 0 heterocycles. The Morgan fingerprint density at radius 3 is 2.56 bits per heavy atom. The molecule has 1 aromatic rings. The minimum atomic E-state index is -1.29. The third-order valence-corrected chi connectivity index (χ3v) is 3.71. The van der Waals surface area contributed by atoms with Crippen molar-refractivity contribution in [2.24, 2.45) is 0 Å². The number of hydrogen-bond acceptors (Lipinski definition) is 3. The molecule has 100 valence electrons. The zero-order valence-corrected chi connectivity index (χ0v) is 11.2. The molecular formula is C13H18O4S. The molecule has 0 fully saturated rings. The molecule has 0 aliphatic rings. The number of carbonyl (C=O) groups is 1. The first-order valence-electron chi connectivity index (χ1n) is 5.90. The van der Waals surface area contributed by atoms with Gasteiger partial charge in [0.25, 0.3) is 0 Å². The van der Waals surface area contributed by atoms with E-state index in [1.165, 1.54) is 5.56 Å². The Balaban J connectivity index is 2.21. The summed E-state index contributed by atoms with van der Waals surface area (Å²) in [6.07, 6.45) is 1.59. The highest BCUT2D eigenvalue weighted by Crippen LogP contribution is 2.12. The Morgan fingerprint density at radius 2 is 2.00 bits per heavy atom. The van der Waals surface area contributed by atoms with Crippen LogP contribution in [0.15, 0.2) is 24.3 Å². The third kappa shape index (κ3) is 5.82. The lowest BCUT2D eigenvalue weighted by atomic mass is 10.2. The summed E-state index contributed by atoms with van der Waals surface area (Å²) >= 11 is 0. The quantitative estimate of drug-likeness (QED) is 0.732. The lowest BCUT2D eigenvalue weighted by molar-refractivity contribution is -0.133. The second-order valence-corrected chi connectivity index (χ2v) is 5.46. The van der Waals surface area contributed by atoms with E-state index in [2.05, 4.69) is 6.92 Å². The summed E-state index contributed by atoms with van der Waals surface area (Å²) < 4.78 is 16.7. The van der Waals surface area contributed by atoms with E-state index < -0.39 is 16.8 Å². The summed E-state index contributed by atoms with van der Waals surface area (Å²) in [5, 5.41) is 8.44. The van der Waals surface area contributed by atoms with Gasteiger partial charge in [0.1, 0.15) is 11.5 Å². The number of carboxylic acid groups (broad SMARTS) is 1. The number of aliphatic carboxylic acids is 1. The number of carboxylic acids is 1. The van der Waals surface area contributed by atoms with Crippen LogP contribution in [0.1, 0.15) is 18.9 Å². The predicted octanol–water partition coefficient (Wildman–Crippen LogP) is 1.85. The lowest BCUT2D eigenvalue weighted by Crippen LogP contribution is -2.13. The van der Waals surface area contributed by atoms with Crippen molar-refractivity contribution in [2.45, 2.75) is 19.8 Å². The van der Waals surface area contributed by atoms with E-state index in [0.29, 0.717) is 18.8 Å². The van der Waals surface area contributed by atoms with Gasteiger partial charge in [-0.3, -0.25) is 9.00 Å². The summed E-state index contributed by atoms with van der Waals surface area (Å²) in [4.78, 5) is 10.3. The fourth-order valence-electron chi connectivity index (χ4n) is 1.44. The maximum Gasteiger partial charge on any atom is 0.316 e. The summed E-state index contributed by atoms with van der Waals surface area (Å²) in [5.41, 5.74) is 1.25. The molecule has 18 heavy (non-hydrogen) atoms. The topological polar surface area (TPSA) is 63.6 Å². The van der Waals surface area contributed by atoms with Crippen LogP contribution in [-0.4, -0.2) is 33.4 Å². The molecular weight excluding hydrogens is 252 g/mol. The van der Waals surface area contributed by atoms with Crippen LogP contribution in [0, 0.1) is 0 Å². The van der Waals surface area contributed by atoms with Crippen molar-refractivity contribution in [3.63, 3.8) is 0 Å². The number of ether oxygens (including phenoxy) is 1. The van der Waals surface area contributed by atoms with Crippen LogP contribution >= 0.6 is 0 Å². The van der Waals surface area contributed by atoms with Gasteiger partial charge in [-0.25, -0.2) is 0 Å². The molecule has 0 amide bonds. The van der Waals surface area contributed by atoms with Crippen molar-refractivity contribution < 1.29 is 18.8 Å². The molecule has 1 rings (SSSR count). The average Bonchev–Trinajstić information content (AvgIpc) is 2.34. The molecule has 0 saturated carbocycles. The number of hydrogen-bond donors (Lipinski definition) is 1. The molecule has 1 N–H and O–H groups in total. The molecule has 5 heteroatoms. The minimum Gasteiger partial charge on any atom is -0.494 e. The first-order chi connectivity index (χ1) is 8.61. The monoisotopic (exact) mass is 270 g/mol. The highest BCUT2D eigenvalue weighted by atomic mass is 32.2. The fraction of sp³-hybridized carbons (Fsp3) is 0.462. The van der Waals surface area contributed by atoms with Crippen LogP contribution in [0.4, 0.5) is 0 Å². The summed E-state index contributed by atoms with van der Waals surface area (Å²) in [6.45, 7) is 2.55. The largest absolute Gasteiger partial charge is 0.494 e. The molecule has 4 nitrogen and oxygen atoms in total. The Kier molecular flexibility index (Phi) is 6.43. The molecule has 1 aromatic carbocycles. The van der Waals surface area contributed by atoms with Crippen LogP contribution < -0.4 is 4.74 Å². The van der Waals surface area contributed by atoms with E-state index in [9.17, 15) is 9.00 Å². The van der Waals surface area contributed by atoms with Crippen LogP contribution in [0.2, 0.25) is 0 Å². The molecule has 1 atom stereocenters. The molecule has 0 radical (unpaired) electrons. The van der Waals surface area contributed by atoms with Crippen molar-refractivity contribution in [2.75, 3.05) is 18.1 Å². The van der Waals surface area contributed by atoms with E-state index in [1.807, 2.05) is 24.3 Å². The van der Waals surface area contributed by atoms with E-state index in [0.717, 1.165) is 12.2 Å². The van der Waals surface area contributed by atoms with Crippen molar-refractivity contribution in [1.29, 1.82) is 0 Å². The second kappa shape index (κ2) is 7.87. The molecule has 0 aliphatic carbocycles. The first-order valence-corrected chi connectivity index (χ1v) is 7.39. The molecule has 0 saturated heterocycles. The van der Waals surface area contributed by atoms with Gasteiger partial charge >= 0.3 is 5.97 Å². The zero-order valence-electron chi connectivity index (χ0n) is 10.4. The van der Waals surface area contributed by atoms with Gasteiger partial charge in [-0.1, -0.05) is 19.1 Å². The lowest BCUT2D eigenvalue weighted by Gasteiger charge is -2.06. The SMILES string of the molecule is CCc1ccc(OCCCS(=O)CC(=O)O)cc1. The van der Waals surface area contributed by atoms with Gasteiger partial charge in [0.05, 0.1) is 6.61 Å². The normalized spacial score (nSPS) is 12.1. The fourth-order valence-corrected chi connectivity index (χ4v) is 2.30. The minimum absolute atomic E-state index is 0.287. The standard InChI is InChI=1S/C13H18O4S/c1-2-11-4-6-12(7-5-11)17-8-3-9-18(16)10-13(14)15/h4-7H,2-3,8-10H2,1H3,(H,14,15). The van der Waals surface area contributed by atoms with Crippen molar-refractivity contribution >= 4 is 16.8 Å². The Morgan fingerprint density at radius 1 is 1.33 bits per heavy atom. The van der Waals surface area contributed by atoms with Gasteiger partial charge in [0, 0.05) is 16.6 Å². The number of rotatable bonds is 8. The van der Waals surface area contributed by atoms with Gasteiger partial charge in [-0.2, -0.15) is 0 Å². The zero-order chi connectivity index (χ0) is 13.4. The highest BCUT2D eigenvalue weighted by Gasteiger charge is 2.05. The maximum atomic E-state index is 11.2. The van der Waals surface area contributed by atoms with E-state index in [4.69, 9.17) is 9.84 Å². The second-order valence-electron chi connectivity index (χ2n) is 3.88. The Labute approximate surface area is 109 Å². The molecule has 0 aliphatic heterocycles. The van der Waals surface area contributed by atoms with Gasteiger partial charge in [0.15, 0.2) is 0 Å². The van der Waals surface area contributed by atoms with E-state index >= 15 is 0 Å². The first kappa shape index (κ1) is 14.7. The van der Waals surface area contributed by atoms with Gasteiger partial charge < -0.3 is 9.84 Å². The van der Waals surface area contributed by atoms with Crippen molar-refractivity contribution in [3.8, 4) is 5.75 Å². The average molecular weight is 270 g/mol. The maximum absolute atomic E-state index is 11.2. The molecule has 0 aromatic heterocycles. The predicted molar refractivity (Wildman–Crippen MR) is 71.4 cm³/mol. The third-order valence-electron chi connectivity index (χ3n) is 2.40. The van der Waals surface area contributed by atoms with Crippen molar-refractivity contribution in [3.05, 3.63) is 29.8 Å². The van der Waals surface area contributed by atoms with Gasteiger partial charge in [0.2, 0.25) is 0 Å². The van der Waals surface area contributed by atoms with Crippen LogP contribution in [0.25, 0.3) is 0 Å². The molecule has 0 bridgehead atoms. The molecule has 0 spiro atoms. The smallest absolute Gasteiger partial charge is 0.316 e. The highest BCUT2D eigenvalue weighted by molar-refractivity contribution is 7.85. The molecule has 1 unspecified atom stereocenters. The van der Waals surface area contributed by atoms with E-state index in [-0.39, 0.29) is 5.75 Å². The Hall–Kier alpha value is -1.36. The van der Waals surface area contributed by atoms with Gasteiger partial charge in [-0.15, -0.1) is 0 Å². The van der Waals surface area contributed by atoms with E-state index in [1.54, 1.807) is 0 Å². The van der Waals surface area contributed by atoms with Gasteiger partial charge in [-0.05, 0) is 30.5 Å². The number of benzene rings is 1. The van der Waals surface area contributed by atoms with Crippen LogP contribution in [-0.2, 0) is 22.0 Å². The summed E-state index contributed by atoms with van der Waals surface area (Å²) in [5.74, 6) is -0.162. The number of aryl methyl sites for hydroxylation is 1. The Bertz CT molecular complexity index is 400. The van der Waals surface area contributed by atoms with Crippen molar-refractivity contribution in [1.82, 2.24) is 0 Å². The van der Waals surface area contributed by atoms with Crippen LogP contribution in [0.5, 0.6) is 5.75 Å². The van der Waals surface area contributed by atoms with Crippen LogP contribution in [0.3, 0.4) is 0 Å².